The van der Waals surface area contributed by atoms with Crippen molar-refractivity contribution in [1.82, 2.24) is 20.4 Å². The Kier molecular flexibility index (Phi) is 12.4. The number of allylic oxidation sites excluding steroid dienone is 1. The van der Waals surface area contributed by atoms with Crippen molar-refractivity contribution in [2.45, 2.75) is 104 Å². The third kappa shape index (κ3) is 8.93. The lowest BCUT2D eigenvalue weighted by Gasteiger charge is -2.37. The van der Waals surface area contributed by atoms with Crippen molar-refractivity contribution in [3.8, 4) is 0 Å². The molecule has 48 heavy (non-hydrogen) atoms. The second-order valence-electron chi connectivity index (χ2n) is 14.8. The Morgan fingerprint density at radius 2 is 1.17 bits per heavy atom. The molecule has 2 fully saturated rings. The molecule has 266 valence electrons. The Balaban J connectivity index is 1.69. The maximum absolute atomic E-state index is 13.3. The van der Waals surface area contributed by atoms with Crippen LogP contribution in [0.15, 0.2) is 36.0 Å². The van der Waals surface area contributed by atoms with Crippen molar-refractivity contribution >= 4 is 29.7 Å². The van der Waals surface area contributed by atoms with Gasteiger partial charge in [0.25, 0.3) is 11.8 Å². The second-order valence-corrected chi connectivity index (χ2v) is 14.8. The number of carbonyl (C=O) groups excluding carboxylic acids is 5. The van der Waals surface area contributed by atoms with E-state index in [-0.39, 0.29) is 42.3 Å². The van der Waals surface area contributed by atoms with Crippen molar-refractivity contribution in [3.05, 3.63) is 47.2 Å². The van der Waals surface area contributed by atoms with E-state index < -0.39 is 47.4 Å². The highest BCUT2D eigenvalue weighted by Gasteiger charge is 2.45. The first-order valence-electron chi connectivity index (χ1n) is 16.5. The molecule has 0 bridgehead atoms. The van der Waals surface area contributed by atoms with Crippen molar-refractivity contribution in [2.24, 2.45) is 22.3 Å². The summed E-state index contributed by atoms with van der Waals surface area (Å²) in [7, 11) is 2.60. The number of nitrogens with zero attached hydrogens (tertiary/aromatic N) is 2. The quantitative estimate of drug-likeness (QED) is 0.268. The Morgan fingerprint density at radius 3 is 1.54 bits per heavy atom. The minimum atomic E-state index is -0.865. The topological polar surface area (TPSA) is 186 Å². The molecule has 1 aromatic carbocycles. The van der Waals surface area contributed by atoms with Gasteiger partial charge in [-0.1, -0.05) is 54.5 Å². The molecule has 13 nitrogen and oxygen atoms in total. The molecule has 6 N–H and O–H groups in total. The molecule has 1 aromatic rings. The summed E-state index contributed by atoms with van der Waals surface area (Å²) in [5.41, 5.74) is 13.6. The zero-order valence-corrected chi connectivity index (χ0v) is 29.8. The largest absolute Gasteiger partial charge is 0.467 e. The highest BCUT2D eigenvalue weighted by atomic mass is 16.5. The summed E-state index contributed by atoms with van der Waals surface area (Å²) in [4.78, 5) is 68.2. The van der Waals surface area contributed by atoms with E-state index in [1.165, 1.54) is 31.3 Å². The highest BCUT2D eigenvalue weighted by Crippen LogP contribution is 2.32. The van der Waals surface area contributed by atoms with Gasteiger partial charge < -0.3 is 41.4 Å². The fraction of sp³-hybridized carbons (Fsp3) is 0.629. The van der Waals surface area contributed by atoms with Crippen LogP contribution in [0.5, 0.6) is 0 Å². The molecule has 2 heterocycles. The van der Waals surface area contributed by atoms with E-state index in [4.69, 9.17) is 20.9 Å². The van der Waals surface area contributed by atoms with E-state index in [2.05, 4.69) is 10.6 Å². The van der Waals surface area contributed by atoms with Gasteiger partial charge in [-0.3, -0.25) is 14.4 Å². The molecule has 13 heteroatoms. The van der Waals surface area contributed by atoms with Crippen molar-refractivity contribution in [3.63, 3.8) is 0 Å². The number of rotatable bonds is 10. The van der Waals surface area contributed by atoms with E-state index in [9.17, 15) is 24.0 Å². The summed E-state index contributed by atoms with van der Waals surface area (Å²) in [5.74, 6) is -2.12. The molecular weight excluding hydrogens is 616 g/mol. The number of carbonyl (C=O) groups is 5. The number of likely N-dealkylation sites (tertiary alicyclic amines) is 2. The fourth-order valence-electron chi connectivity index (χ4n) is 6.06. The monoisotopic (exact) mass is 670 g/mol. The molecule has 2 saturated heterocycles. The summed E-state index contributed by atoms with van der Waals surface area (Å²) >= 11 is 0. The molecule has 6 unspecified atom stereocenters. The second kappa shape index (κ2) is 15.5. The summed E-state index contributed by atoms with van der Waals surface area (Å²) in [6, 6.07) is 2.69. The lowest BCUT2D eigenvalue weighted by molar-refractivity contribution is -0.152. The molecule has 0 aromatic heterocycles. The molecule has 0 radical (unpaired) electrons. The minimum Gasteiger partial charge on any atom is -0.467 e. The molecule has 6 atom stereocenters. The van der Waals surface area contributed by atoms with Crippen LogP contribution in [0.25, 0.3) is 0 Å². The number of hydrogen-bond donors (Lipinski definition) is 4. The predicted molar refractivity (Wildman–Crippen MR) is 181 cm³/mol. The van der Waals surface area contributed by atoms with Gasteiger partial charge in [0.1, 0.15) is 12.1 Å². The van der Waals surface area contributed by atoms with Gasteiger partial charge in [0.15, 0.2) is 0 Å². The molecular formula is C35H54N6O7. The Morgan fingerprint density at radius 1 is 0.771 bits per heavy atom. The highest BCUT2D eigenvalue weighted by molar-refractivity contribution is 5.98. The van der Waals surface area contributed by atoms with Crippen LogP contribution in [0.3, 0.4) is 0 Å². The first kappa shape index (κ1) is 38.5. The number of nitrogens with one attached hydrogen (secondary N) is 2. The molecule has 3 rings (SSSR count). The number of benzene rings is 1. The predicted octanol–water partition coefficient (Wildman–Crippen LogP) is 1.95. The number of ether oxygens (including phenoxy) is 2. The fourth-order valence-corrected chi connectivity index (χ4v) is 6.06. The Hall–Kier alpha value is -3.97. The van der Waals surface area contributed by atoms with Crippen LogP contribution >= 0.6 is 0 Å². The van der Waals surface area contributed by atoms with Gasteiger partial charge in [-0.2, -0.15) is 0 Å². The van der Waals surface area contributed by atoms with Crippen LogP contribution in [0.4, 0.5) is 0 Å². The summed E-state index contributed by atoms with van der Waals surface area (Å²) < 4.78 is 10.0. The average Bonchev–Trinajstić information content (AvgIpc) is 3.65. The van der Waals surface area contributed by atoms with E-state index >= 15 is 0 Å². The van der Waals surface area contributed by atoms with Crippen LogP contribution in [0.2, 0.25) is 0 Å². The first-order valence-corrected chi connectivity index (χ1v) is 16.5. The summed E-state index contributed by atoms with van der Waals surface area (Å²) in [6.07, 6.45) is 3.29. The molecule has 2 aliphatic heterocycles. The van der Waals surface area contributed by atoms with Crippen LogP contribution in [-0.4, -0.2) is 103 Å². The number of hydrogen-bond acceptors (Lipinski definition) is 10. The number of amides is 3. The van der Waals surface area contributed by atoms with Gasteiger partial charge in [-0.25, -0.2) is 9.59 Å². The molecule has 0 saturated carbocycles. The third-order valence-corrected chi connectivity index (χ3v) is 9.11. The minimum absolute atomic E-state index is 0.107. The average molecular weight is 671 g/mol. The van der Waals surface area contributed by atoms with Crippen LogP contribution in [-0.2, 0) is 23.9 Å². The van der Waals surface area contributed by atoms with E-state index in [1.807, 2.05) is 59.4 Å². The number of methoxy groups -OCH3 is 2. The van der Waals surface area contributed by atoms with Gasteiger partial charge in [0.05, 0.1) is 20.3 Å². The van der Waals surface area contributed by atoms with Gasteiger partial charge in [0.2, 0.25) is 5.91 Å². The molecule has 0 spiro atoms. The standard InChI is InChI=1S/C35H54N6O7/c1-10-11-24(27(36)34(2,3)4)40-18-22(16-25(40)32(45)47-8)38-29(42)20-12-14-21(15-13-20)30(43)39-23-17-26(33(46)48-9)41(19-23)31(44)28(37)35(5,6)7/h11-15,22-23,25-28H,10,16-19,36-37H2,1-9H3,(H,38,42)(H,39,43)/b24-11-. The molecule has 0 aliphatic carbocycles. The van der Waals surface area contributed by atoms with Crippen LogP contribution in [0, 0.1) is 10.8 Å². The summed E-state index contributed by atoms with van der Waals surface area (Å²) in [5, 5.41) is 5.92. The lowest BCUT2D eigenvalue weighted by Crippen LogP contribution is -2.53. The zero-order chi connectivity index (χ0) is 36.1. The van der Waals surface area contributed by atoms with Gasteiger partial charge in [-0.05, 0) is 41.5 Å². The Bertz CT molecular complexity index is 1380. The molecule has 3 amide bonds. The van der Waals surface area contributed by atoms with E-state index in [0.717, 1.165) is 12.1 Å². The first-order chi connectivity index (χ1) is 22.3. The van der Waals surface area contributed by atoms with Crippen molar-refractivity contribution in [1.29, 1.82) is 0 Å². The SMILES string of the molecule is CC/C=C(/C(N)C(C)(C)C)N1CC(NC(=O)c2ccc(C(=O)NC3CC(C(=O)OC)N(C(=O)C(N)C(C)(C)C)C3)cc2)CC1C(=O)OC. The Labute approximate surface area is 284 Å². The normalized spacial score (nSPS) is 22.9. The zero-order valence-electron chi connectivity index (χ0n) is 29.8. The van der Waals surface area contributed by atoms with Crippen molar-refractivity contribution in [2.75, 3.05) is 27.3 Å². The van der Waals surface area contributed by atoms with Crippen LogP contribution < -0.4 is 22.1 Å². The van der Waals surface area contributed by atoms with E-state index in [1.54, 1.807) is 12.1 Å². The van der Waals surface area contributed by atoms with Crippen molar-refractivity contribution < 1.29 is 33.4 Å². The van der Waals surface area contributed by atoms with Crippen LogP contribution in [0.1, 0.15) is 88.4 Å². The van der Waals surface area contributed by atoms with Gasteiger partial charge in [-0.15, -0.1) is 0 Å². The maximum Gasteiger partial charge on any atom is 0.328 e. The van der Waals surface area contributed by atoms with Gasteiger partial charge in [0, 0.05) is 60.9 Å². The van der Waals surface area contributed by atoms with E-state index in [0.29, 0.717) is 24.1 Å². The lowest BCUT2D eigenvalue weighted by atomic mass is 9.84. The number of nitrogens with two attached hydrogens (primary N) is 2. The molecule has 2 aliphatic rings. The maximum atomic E-state index is 13.3. The number of esters is 2. The summed E-state index contributed by atoms with van der Waals surface area (Å²) in [6.45, 7) is 14.1. The van der Waals surface area contributed by atoms with Gasteiger partial charge >= 0.3 is 11.9 Å². The third-order valence-electron chi connectivity index (χ3n) is 9.11. The smallest absolute Gasteiger partial charge is 0.328 e.